The van der Waals surface area contributed by atoms with E-state index in [9.17, 15) is 5.11 Å². The first kappa shape index (κ1) is 16.0. The van der Waals surface area contributed by atoms with Crippen LogP contribution in [0.2, 0.25) is 0 Å². The van der Waals surface area contributed by atoms with Crippen LogP contribution in [0.3, 0.4) is 0 Å². The summed E-state index contributed by atoms with van der Waals surface area (Å²) in [6, 6.07) is 10.7. The molecule has 1 atom stereocenters. The van der Waals surface area contributed by atoms with Crippen LogP contribution in [0.5, 0.6) is 0 Å². The molecule has 0 spiro atoms. The molecular formula is C19H30N2O. The molecule has 3 heteroatoms. The molecule has 2 saturated heterocycles. The van der Waals surface area contributed by atoms with Gasteiger partial charge in [-0.3, -0.25) is 0 Å². The van der Waals surface area contributed by atoms with Gasteiger partial charge in [0.1, 0.15) is 0 Å². The van der Waals surface area contributed by atoms with Gasteiger partial charge in [0.25, 0.3) is 0 Å². The van der Waals surface area contributed by atoms with Crippen molar-refractivity contribution in [2.24, 2.45) is 0 Å². The number of piperidine rings is 1. The first-order valence-corrected chi connectivity index (χ1v) is 8.95. The first-order chi connectivity index (χ1) is 10.7. The van der Waals surface area contributed by atoms with Gasteiger partial charge in [-0.2, -0.15) is 0 Å². The summed E-state index contributed by atoms with van der Waals surface area (Å²) in [5.41, 5.74) is 0.953. The Bertz CT molecular complexity index is 444. The monoisotopic (exact) mass is 302 g/mol. The Morgan fingerprint density at radius 2 is 1.73 bits per heavy atom. The molecule has 3 rings (SSSR count). The normalized spacial score (nSPS) is 27.3. The molecule has 0 unspecified atom stereocenters. The van der Waals surface area contributed by atoms with Gasteiger partial charge in [-0.25, -0.2) is 0 Å². The zero-order chi connectivity index (χ0) is 15.3. The predicted octanol–water partition coefficient (Wildman–Crippen LogP) is 2.54. The molecule has 2 aliphatic rings. The lowest BCUT2D eigenvalue weighted by atomic mass is 10.0. The molecule has 0 aromatic heterocycles. The maximum atomic E-state index is 10.8. The minimum absolute atomic E-state index is 0.468. The fourth-order valence-corrected chi connectivity index (χ4v) is 3.95. The fraction of sp³-hybridized carbons (Fsp3) is 0.684. The molecule has 1 aromatic rings. The Kier molecular flexibility index (Phi) is 5.51. The summed E-state index contributed by atoms with van der Waals surface area (Å²) in [4.78, 5) is 4.92. The third-order valence-electron chi connectivity index (χ3n) is 5.16. The molecular weight excluding hydrogens is 272 g/mol. The molecule has 3 nitrogen and oxygen atoms in total. The van der Waals surface area contributed by atoms with Gasteiger partial charge in [0, 0.05) is 19.6 Å². The minimum Gasteiger partial charge on any atom is -0.387 e. The number of hydrogen-bond acceptors (Lipinski definition) is 3. The predicted molar refractivity (Wildman–Crippen MR) is 91.1 cm³/mol. The van der Waals surface area contributed by atoms with E-state index >= 15 is 0 Å². The standard InChI is InChI=1S/C19H30N2O/c22-19(16-20-12-5-2-6-13-20)11-15-21(17-19)14-7-10-18-8-3-1-4-9-18/h1,3-4,8-9,22H,2,5-7,10-17H2/t19-/m0/s1. The van der Waals surface area contributed by atoms with Crippen LogP contribution in [-0.2, 0) is 6.42 Å². The van der Waals surface area contributed by atoms with Crippen LogP contribution in [0.25, 0.3) is 0 Å². The van der Waals surface area contributed by atoms with Crippen LogP contribution in [0.4, 0.5) is 0 Å². The molecule has 0 bridgehead atoms. The molecule has 22 heavy (non-hydrogen) atoms. The topological polar surface area (TPSA) is 26.7 Å². The van der Waals surface area contributed by atoms with E-state index in [4.69, 9.17) is 0 Å². The lowest BCUT2D eigenvalue weighted by molar-refractivity contribution is 0.00686. The van der Waals surface area contributed by atoms with Crippen LogP contribution in [0.1, 0.15) is 37.7 Å². The van der Waals surface area contributed by atoms with E-state index in [1.807, 2.05) is 0 Å². The van der Waals surface area contributed by atoms with Gasteiger partial charge in [0.2, 0.25) is 0 Å². The van der Waals surface area contributed by atoms with E-state index in [1.54, 1.807) is 0 Å². The van der Waals surface area contributed by atoms with Gasteiger partial charge in [-0.1, -0.05) is 36.8 Å². The van der Waals surface area contributed by atoms with Crippen molar-refractivity contribution in [1.29, 1.82) is 0 Å². The summed E-state index contributed by atoms with van der Waals surface area (Å²) in [7, 11) is 0. The summed E-state index contributed by atoms with van der Waals surface area (Å²) >= 11 is 0. The van der Waals surface area contributed by atoms with Gasteiger partial charge in [0.05, 0.1) is 5.60 Å². The third-order valence-corrected chi connectivity index (χ3v) is 5.16. The summed E-state index contributed by atoms with van der Waals surface area (Å²) in [6.07, 6.45) is 7.23. The Morgan fingerprint density at radius 3 is 2.50 bits per heavy atom. The average Bonchev–Trinajstić information content (AvgIpc) is 2.90. The molecule has 0 saturated carbocycles. The highest BCUT2D eigenvalue weighted by Gasteiger charge is 2.37. The number of aryl methyl sites for hydroxylation is 1. The highest BCUT2D eigenvalue weighted by Crippen LogP contribution is 2.24. The number of β-amino-alcohol motifs (C(OH)–C–C–N with tert-alkyl or cyclic N) is 1. The van der Waals surface area contributed by atoms with Crippen molar-refractivity contribution < 1.29 is 5.11 Å². The van der Waals surface area contributed by atoms with Gasteiger partial charge in [-0.15, -0.1) is 0 Å². The van der Waals surface area contributed by atoms with Crippen LogP contribution in [0.15, 0.2) is 30.3 Å². The van der Waals surface area contributed by atoms with E-state index < -0.39 is 5.60 Å². The summed E-state index contributed by atoms with van der Waals surface area (Å²) < 4.78 is 0. The van der Waals surface area contributed by atoms with E-state index in [1.165, 1.54) is 44.3 Å². The molecule has 0 amide bonds. The largest absolute Gasteiger partial charge is 0.387 e. The zero-order valence-corrected chi connectivity index (χ0v) is 13.7. The lowest BCUT2D eigenvalue weighted by Gasteiger charge is -2.33. The van der Waals surface area contributed by atoms with Crippen molar-refractivity contribution in [2.75, 3.05) is 39.3 Å². The van der Waals surface area contributed by atoms with Crippen LogP contribution in [0, 0.1) is 0 Å². The Labute approximate surface area is 134 Å². The summed E-state index contributed by atoms with van der Waals surface area (Å²) in [6.45, 7) is 6.25. The summed E-state index contributed by atoms with van der Waals surface area (Å²) in [5, 5.41) is 10.8. The van der Waals surface area contributed by atoms with Crippen molar-refractivity contribution in [2.45, 2.75) is 44.1 Å². The highest BCUT2D eigenvalue weighted by atomic mass is 16.3. The Hall–Kier alpha value is -0.900. The van der Waals surface area contributed by atoms with Crippen molar-refractivity contribution in [3.05, 3.63) is 35.9 Å². The average molecular weight is 302 g/mol. The third kappa shape index (κ3) is 4.55. The molecule has 2 heterocycles. The number of benzene rings is 1. The van der Waals surface area contributed by atoms with Gasteiger partial charge < -0.3 is 14.9 Å². The van der Waals surface area contributed by atoms with E-state index in [2.05, 4.69) is 40.1 Å². The number of rotatable bonds is 6. The molecule has 2 fully saturated rings. The van der Waals surface area contributed by atoms with E-state index in [-0.39, 0.29) is 0 Å². The quantitative estimate of drug-likeness (QED) is 0.875. The van der Waals surface area contributed by atoms with E-state index in [0.29, 0.717) is 0 Å². The SMILES string of the molecule is O[C@]1(CN2CCCCC2)CCN(CCCc2ccccc2)C1. The van der Waals surface area contributed by atoms with Crippen molar-refractivity contribution >= 4 is 0 Å². The van der Waals surface area contributed by atoms with Gasteiger partial charge in [0.15, 0.2) is 0 Å². The highest BCUT2D eigenvalue weighted by molar-refractivity contribution is 5.14. The molecule has 122 valence electrons. The zero-order valence-electron chi connectivity index (χ0n) is 13.7. The maximum Gasteiger partial charge on any atom is 0.0912 e. The molecule has 0 radical (unpaired) electrons. The first-order valence-electron chi connectivity index (χ1n) is 8.95. The van der Waals surface area contributed by atoms with Crippen molar-refractivity contribution in [1.82, 2.24) is 9.80 Å². The lowest BCUT2D eigenvalue weighted by Crippen LogP contribution is -2.46. The van der Waals surface area contributed by atoms with Crippen LogP contribution >= 0.6 is 0 Å². The van der Waals surface area contributed by atoms with Gasteiger partial charge >= 0.3 is 0 Å². The maximum absolute atomic E-state index is 10.8. The minimum atomic E-state index is -0.468. The fourth-order valence-electron chi connectivity index (χ4n) is 3.95. The molecule has 1 aromatic carbocycles. The van der Waals surface area contributed by atoms with Crippen LogP contribution < -0.4 is 0 Å². The van der Waals surface area contributed by atoms with Crippen molar-refractivity contribution in [3.8, 4) is 0 Å². The second-order valence-corrected chi connectivity index (χ2v) is 7.18. The molecule has 2 aliphatic heterocycles. The molecule has 1 N–H and O–H groups in total. The summed E-state index contributed by atoms with van der Waals surface area (Å²) in [5.74, 6) is 0. The van der Waals surface area contributed by atoms with Crippen LogP contribution in [-0.4, -0.2) is 59.8 Å². The Morgan fingerprint density at radius 1 is 0.955 bits per heavy atom. The number of hydrogen-bond donors (Lipinski definition) is 1. The Balaban J connectivity index is 1.39. The number of aliphatic hydroxyl groups is 1. The van der Waals surface area contributed by atoms with Gasteiger partial charge in [-0.05, 0) is 57.3 Å². The molecule has 0 aliphatic carbocycles. The number of nitrogens with zero attached hydrogens (tertiary/aromatic N) is 2. The number of likely N-dealkylation sites (tertiary alicyclic amines) is 2. The van der Waals surface area contributed by atoms with E-state index in [0.717, 1.165) is 39.0 Å². The second-order valence-electron chi connectivity index (χ2n) is 7.18. The smallest absolute Gasteiger partial charge is 0.0912 e. The van der Waals surface area contributed by atoms with Crippen molar-refractivity contribution in [3.63, 3.8) is 0 Å². The second kappa shape index (κ2) is 7.58.